The van der Waals surface area contributed by atoms with Crippen LogP contribution >= 0.6 is 11.6 Å². The van der Waals surface area contributed by atoms with Crippen molar-refractivity contribution < 1.29 is 18.3 Å². The van der Waals surface area contributed by atoms with Crippen molar-refractivity contribution in [1.29, 1.82) is 0 Å². The lowest BCUT2D eigenvalue weighted by Crippen LogP contribution is -2.12. The lowest BCUT2D eigenvalue weighted by atomic mass is 10.1. The molecular weight excluding hydrogens is 402 g/mol. The second kappa shape index (κ2) is 7.65. The minimum absolute atomic E-state index is 0.0428. The van der Waals surface area contributed by atoms with E-state index in [1.165, 1.54) is 25.1 Å². The van der Waals surface area contributed by atoms with E-state index in [1.807, 2.05) is 0 Å². The summed E-state index contributed by atoms with van der Waals surface area (Å²) in [5, 5.41) is 31.0. The van der Waals surface area contributed by atoms with Gasteiger partial charge in [-0.15, -0.1) is 0 Å². The van der Waals surface area contributed by atoms with Crippen molar-refractivity contribution in [3.05, 3.63) is 67.2 Å². The Balaban J connectivity index is 2.38. The third kappa shape index (κ3) is 4.75. The molecule has 13 heteroatoms. The molecule has 0 unspecified atom stereocenters. The van der Waals surface area contributed by atoms with Crippen LogP contribution in [0.25, 0.3) is 0 Å². The van der Waals surface area contributed by atoms with Crippen LogP contribution in [-0.2, 0) is 10.0 Å². The zero-order valence-corrected chi connectivity index (χ0v) is 15.2. The first-order chi connectivity index (χ1) is 12.5. The quantitative estimate of drug-likeness (QED) is 0.416. The largest absolute Gasteiger partial charge is 0.295 e. The lowest BCUT2D eigenvalue weighted by molar-refractivity contribution is -0.384. The van der Waals surface area contributed by atoms with Crippen molar-refractivity contribution in [3.8, 4) is 0 Å². The van der Waals surface area contributed by atoms with Gasteiger partial charge in [-0.2, -0.15) is 5.10 Å². The van der Waals surface area contributed by atoms with E-state index in [0.29, 0.717) is 5.56 Å². The third-order valence-corrected chi connectivity index (χ3v) is 4.63. The van der Waals surface area contributed by atoms with Crippen LogP contribution in [0, 0.1) is 20.2 Å². The van der Waals surface area contributed by atoms with Gasteiger partial charge < -0.3 is 0 Å². The maximum atomic E-state index is 11.3. The van der Waals surface area contributed by atoms with E-state index in [1.54, 1.807) is 0 Å². The van der Waals surface area contributed by atoms with E-state index < -0.39 is 30.5 Å². The Kier molecular flexibility index (Phi) is 5.73. The lowest BCUT2D eigenvalue weighted by Gasteiger charge is -2.06. The first kappa shape index (κ1) is 20.2. The molecule has 0 aliphatic carbocycles. The normalized spacial score (nSPS) is 11.9. The zero-order valence-electron chi connectivity index (χ0n) is 13.6. The van der Waals surface area contributed by atoms with E-state index in [2.05, 4.69) is 10.5 Å². The van der Waals surface area contributed by atoms with Crippen molar-refractivity contribution >= 4 is 44.4 Å². The Morgan fingerprint density at radius 3 is 2.30 bits per heavy atom. The maximum absolute atomic E-state index is 11.3. The van der Waals surface area contributed by atoms with E-state index in [0.717, 1.165) is 18.2 Å². The number of nitrogens with zero attached hydrogens (tertiary/aromatic N) is 3. The summed E-state index contributed by atoms with van der Waals surface area (Å²) in [5.74, 6) is 0. The molecule has 0 radical (unpaired) electrons. The average molecular weight is 414 g/mol. The number of sulfonamides is 1. The Hall–Kier alpha value is -3.09. The van der Waals surface area contributed by atoms with Crippen LogP contribution in [0.1, 0.15) is 12.5 Å². The van der Waals surface area contributed by atoms with Crippen molar-refractivity contribution in [2.75, 3.05) is 5.43 Å². The molecule has 0 aliphatic rings. The number of nitro benzene ring substituents is 2. The van der Waals surface area contributed by atoms with Crippen LogP contribution in [-0.4, -0.2) is 24.0 Å². The number of halogens is 1. The van der Waals surface area contributed by atoms with Gasteiger partial charge in [0.05, 0.1) is 20.5 Å². The number of nitro groups is 2. The fraction of sp³-hybridized carbons (Fsp3) is 0.0714. The third-order valence-electron chi connectivity index (χ3n) is 3.40. The fourth-order valence-electron chi connectivity index (χ4n) is 2.02. The molecule has 3 N–H and O–H groups in total. The second-order valence-corrected chi connectivity index (χ2v) is 7.18. The van der Waals surface area contributed by atoms with Crippen LogP contribution in [0.4, 0.5) is 17.1 Å². The van der Waals surface area contributed by atoms with Gasteiger partial charge in [-0.3, -0.25) is 25.7 Å². The molecule has 2 rings (SSSR count). The highest BCUT2D eigenvalue weighted by Gasteiger charge is 2.19. The average Bonchev–Trinajstić information content (AvgIpc) is 2.58. The molecule has 0 amide bonds. The number of primary sulfonamides is 1. The number of nitrogens with two attached hydrogens (primary N) is 1. The summed E-state index contributed by atoms with van der Waals surface area (Å²) in [5.41, 5.74) is 2.13. The number of nitrogens with one attached hydrogen (secondary N) is 1. The van der Waals surface area contributed by atoms with Crippen LogP contribution in [0.15, 0.2) is 46.4 Å². The predicted molar refractivity (Wildman–Crippen MR) is 98.4 cm³/mol. The first-order valence-electron chi connectivity index (χ1n) is 7.06. The number of hydrogen-bond donors (Lipinski definition) is 2. The molecule has 0 atom stereocenters. The van der Waals surface area contributed by atoms with E-state index in [9.17, 15) is 28.6 Å². The molecule has 0 bridgehead atoms. The molecule has 0 saturated heterocycles. The van der Waals surface area contributed by atoms with Crippen LogP contribution in [0.3, 0.4) is 0 Å². The molecule has 2 aromatic rings. The van der Waals surface area contributed by atoms with Gasteiger partial charge in [0.15, 0.2) is 0 Å². The molecule has 0 saturated carbocycles. The van der Waals surface area contributed by atoms with Crippen molar-refractivity contribution in [2.45, 2.75) is 11.8 Å². The summed E-state index contributed by atoms with van der Waals surface area (Å²) in [4.78, 5) is 20.2. The van der Waals surface area contributed by atoms with E-state index in [4.69, 9.17) is 16.7 Å². The monoisotopic (exact) mass is 413 g/mol. The van der Waals surface area contributed by atoms with Crippen LogP contribution < -0.4 is 10.6 Å². The minimum Gasteiger partial charge on any atom is -0.271 e. The molecule has 2 aromatic carbocycles. The van der Waals surface area contributed by atoms with Gasteiger partial charge in [-0.1, -0.05) is 17.7 Å². The number of benzene rings is 2. The highest BCUT2D eigenvalue weighted by Crippen LogP contribution is 2.28. The Bertz CT molecular complexity index is 1070. The molecule has 0 heterocycles. The van der Waals surface area contributed by atoms with Gasteiger partial charge in [0.1, 0.15) is 10.7 Å². The summed E-state index contributed by atoms with van der Waals surface area (Å²) in [7, 11) is -4.11. The molecule has 0 spiro atoms. The van der Waals surface area contributed by atoms with Gasteiger partial charge in [-0.25, -0.2) is 13.6 Å². The highest BCUT2D eigenvalue weighted by molar-refractivity contribution is 7.89. The molecule has 0 aliphatic heterocycles. The van der Waals surface area contributed by atoms with Gasteiger partial charge >= 0.3 is 0 Å². The smallest absolute Gasteiger partial charge is 0.271 e. The van der Waals surface area contributed by atoms with Crippen LogP contribution in [0.2, 0.25) is 5.02 Å². The van der Waals surface area contributed by atoms with E-state index >= 15 is 0 Å². The molecule has 11 nitrogen and oxygen atoms in total. The van der Waals surface area contributed by atoms with Gasteiger partial charge in [0.25, 0.3) is 11.4 Å². The van der Waals surface area contributed by atoms with Gasteiger partial charge in [0, 0.05) is 17.7 Å². The molecule has 27 heavy (non-hydrogen) atoms. The summed E-state index contributed by atoms with van der Waals surface area (Å²) >= 11 is 5.74. The summed E-state index contributed by atoms with van der Waals surface area (Å²) in [6.07, 6.45) is 0. The Morgan fingerprint density at radius 1 is 1.11 bits per heavy atom. The Morgan fingerprint density at radius 2 is 1.74 bits per heavy atom. The molecule has 0 aromatic heterocycles. The highest BCUT2D eigenvalue weighted by atomic mass is 35.5. The molecular formula is C14H12ClN5O6S. The number of anilines is 1. The van der Waals surface area contributed by atoms with Crippen LogP contribution in [0.5, 0.6) is 0 Å². The number of hydrazone groups is 1. The topological polar surface area (TPSA) is 171 Å². The first-order valence-corrected chi connectivity index (χ1v) is 8.99. The minimum atomic E-state index is -4.11. The fourth-order valence-corrected chi connectivity index (χ4v) is 2.74. The predicted octanol–water partition coefficient (Wildman–Crippen LogP) is 2.64. The molecule has 0 fully saturated rings. The Labute approximate surface area is 157 Å². The van der Waals surface area contributed by atoms with Gasteiger partial charge in [0.2, 0.25) is 10.0 Å². The van der Waals surface area contributed by atoms with Crippen molar-refractivity contribution in [2.24, 2.45) is 10.2 Å². The van der Waals surface area contributed by atoms with Crippen molar-refractivity contribution in [3.63, 3.8) is 0 Å². The standard InChI is InChI=1S/C14H12ClN5O6S/c1-8(9-2-4-11(15)13(6-9)19(21)22)17-18-12-5-3-10(27(16,25)26)7-14(12)20(23)24/h2-7,18H,1H3,(H2,16,25,26)/b17-8+. The molecule has 142 valence electrons. The number of hydrogen-bond acceptors (Lipinski definition) is 8. The number of rotatable bonds is 6. The maximum Gasteiger partial charge on any atom is 0.295 e. The SMILES string of the molecule is C/C(=N\Nc1ccc(S(N)(=O)=O)cc1[N+](=O)[O-])c1ccc(Cl)c([N+](=O)[O-])c1. The summed E-state index contributed by atoms with van der Waals surface area (Å²) in [6, 6.07) is 7.06. The van der Waals surface area contributed by atoms with E-state index in [-0.39, 0.29) is 22.1 Å². The van der Waals surface area contributed by atoms with Gasteiger partial charge in [-0.05, 0) is 25.1 Å². The summed E-state index contributed by atoms with van der Waals surface area (Å²) in [6.45, 7) is 1.52. The van der Waals surface area contributed by atoms with Crippen molar-refractivity contribution in [1.82, 2.24) is 0 Å². The second-order valence-electron chi connectivity index (χ2n) is 5.21. The zero-order chi connectivity index (χ0) is 20.4. The summed E-state index contributed by atoms with van der Waals surface area (Å²) < 4.78 is 22.7.